The van der Waals surface area contributed by atoms with E-state index in [-0.39, 0.29) is 22.1 Å². The SMILES string of the molecule is CCn1cc(-n2c(Cl)c(Sc3cccc(CC(=O)O)n3)c3ccc(Cl)c(F)c32)cn1. The van der Waals surface area contributed by atoms with E-state index < -0.39 is 11.8 Å². The molecule has 4 aromatic rings. The van der Waals surface area contributed by atoms with Crippen LogP contribution in [0.4, 0.5) is 4.39 Å². The van der Waals surface area contributed by atoms with E-state index in [4.69, 9.17) is 28.3 Å². The minimum Gasteiger partial charge on any atom is -0.481 e. The normalized spacial score (nSPS) is 11.3. The third-order valence-electron chi connectivity index (χ3n) is 4.44. The number of pyridine rings is 1. The fraction of sp³-hybridized carbons (Fsp3) is 0.150. The zero-order chi connectivity index (χ0) is 21.4. The van der Waals surface area contributed by atoms with Gasteiger partial charge in [0.2, 0.25) is 0 Å². The molecular weight excluding hydrogens is 450 g/mol. The Hall–Kier alpha value is -2.55. The summed E-state index contributed by atoms with van der Waals surface area (Å²) in [5.74, 6) is -1.55. The number of benzene rings is 1. The molecule has 154 valence electrons. The zero-order valence-electron chi connectivity index (χ0n) is 15.6. The first-order chi connectivity index (χ1) is 14.4. The Morgan fingerprint density at radius 1 is 1.27 bits per heavy atom. The second-order valence-electron chi connectivity index (χ2n) is 6.41. The fourth-order valence-corrected chi connectivity index (χ4v) is 4.63. The van der Waals surface area contributed by atoms with Crippen molar-refractivity contribution in [3.8, 4) is 5.69 Å². The van der Waals surface area contributed by atoms with Crippen molar-refractivity contribution in [2.24, 2.45) is 0 Å². The predicted octanol–water partition coefficient (Wildman–Crippen LogP) is 5.47. The van der Waals surface area contributed by atoms with Crippen LogP contribution in [0.5, 0.6) is 0 Å². The van der Waals surface area contributed by atoms with Gasteiger partial charge in [-0.05, 0) is 31.2 Å². The van der Waals surface area contributed by atoms with Crippen LogP contribution in [0.1, 0.15) is 12.6 Å². The van der Waals surface area contributed by atoms with Crippen molar-refractivity contribution in [3.05, 3.63) is 64.4 Å². The maximum Gasteiger partial charge on any atom is 0.309 e. The summed E-state index contributed by atoms with van der Waals surface area (Å²) in [6.45, 7) is 2.60. The second-order valence-corrected chi connectivity index (χ2v) is 8.20. The summed E-state index contributed by atoms with van der Waals surface area (Å²) < 4.78 is 18.3. The largest absolute Gasteiger partial charge is 0.481 e. The third kappa shape index (κ3) is 3.78. The van der Waals surface area contributed by atoms with Gasteiger partial charge < -0.3 is 5.11 Å². The second kappa shape index (κ2) is 8.29. The highest BCUT2D eigenvalue weighted by atomic mass is 35.5. The number of carbonyl (C=O) groups is 1. The number of rotatable bonds is 6. The van der Waals surface area contributed by atoms with Crippen LogP contribution in [0.25, 0.3) is 16.6 Å². The van der Waals surface area contributed by atoms with Gasteiger partial charge in [-0.3, -0.25) is 14.0 Å². The summed E-state index contributed by atoms with van der Waals surface area (Å²) in [7, 11) is 0. The van der Waals surface area contributed by atoms with Crippen molar-refractivity contribution in [1.29, 1.82) is 0 Å². The molecule has 0 aliphatic rings. The Morgan fingerprint density at radius 3 is 2.77 bits per heavy atom. The first kappa shape index (κ1) is 20.7. The van der Waals surface area contributed by atoms with E-state index >= 15 is 4.39 Å². The molecule has 3 heterocycles. The van der Waals surface area contributed by atoms with Gasteiger partial charge in [-0.1, -0.05) is 41.0 Å². The van der Waals surface area contributed by atoms with Gasteiger partial charge in [-0.25, -0.2) is 9.37 Å². The van der Waals surface area contributed by atoms with Gasteiger partial charge in [-0.15, -0.1) is 0 Å². The minimum absolute atomic E-state index is 0.0149. The molecule has 0 radical (unpaired) electrons. The number of fused-ring (bicyclic) bond motifs is 1. The number of hydrogen-bond acceptors (Lipinski definition) is 4. The van der Waals surface area contributed by atoms with Crippen molar-refractivity contribution >= 4 is 51.8 Å². The lowest BCUT2D eigenvalue weighted by atomic mass is 10.2. The van der Waals surface area contributed by atoms with E-state index in [0.29, 0.717) is 33.2 Å². The van der Waals surface area contributed by atoms with Gasteiger partial charge in [0.25, 0.3) is 0 Å². The number of aromatic nitrogens is 4. The maximum absolute atomic E-state index is 15.0. The van der Waals surface area contributed by atoms with Crippen molar-refractivity contribution < 1.29 is 14.3 Å². The van der Waals surface area contributed by atoms with Crippen LogP contribution < -0.4 is 0 Å². The molecule has 4 rings (SSSR count). The topological polar surface area (TPSA) is 72.9 Å². The maximum atomic E-state index is 15.0. The van der Waals surface area contributed by atoms with E-state index in [1.165, 1.54) is 17.8 Å². The van der Waals surface area contributed by atoms with Gasteiger partial charge in [0.1, 0.15) is 10.2 Å². The van der Waals surface area contributed by atoms with E-state index in [1.807, 2.05) is 6.92 Å². The molecule has 6 nitrogen and oxygen atoms in total. The lowest BCUT2D eigenvalue weighted by Crippen LogP contribution is -2.02. The van der Waals surface area contributed by atoms with Crippen molar-refractivity contribution in [2.45, 2.75) is 29.8 Å². The number of nitrogens with zero attached hydrogens (tertiary/aromatic N) is 4. The molecule has 0 atom stereocenters. The summed E-state index contributed by atoms with van der Waals surface area (Å²) in [6.07, 6.45) is 3.19. The molecule has 0 fully saturated rings. The Morgan fingerprint density at radius 2 is 2.07 bits per heavy atom. The lowest BCUT2D eigenvalue weighted by molar-refractivity contribution is -0.136. The van der Waals surface area contributed by atoms with Crippen LogP contribution in [0.2, 0.25) is 10.2 Å². The fourth-order valence-electron chi connectivity index (χ4n) is 3.11. The molecule has 1 aromatic carbocycles. The predicted molar refractivity (Wildman–Crippen MR) is 114 cm³/mol. The monoisotopic (exact) mass is 464 g/mol. The molecule has 0 saturated carbocycles. The van der Waals surface area contributed by atoms with E-state index in [1.54, 1.807) is 45.9 Å². The average molecular weight is 465 g/mol. The quantitative estimate of drug-likeness (QED) is 0.409. The van der Waals surface area contributed by atoms with Crippen LogP contribution >= 0.6 is 35.0 Å². The van der Waals surface area contributed by atoms with E-state index in [0.717, 1.165) is 0 Å². The highest BCUT2D eigenvalue weighted by molar-refractivity contribution is 7.99. The van der Waals surface area contributed by atoms with Crippen molar-refractivity contribution in [1.82, 2.24) is 19.3 Å². The molecule has 0 bridgehead atoms. The summed E-state index contributed by atoms with van der Waals surface area (Å²) in [4.78, 5) is 16.0. The third-order valence-corrected chi connectivity index (χ3v) is 6.26. The molecule has 0 saturated heterocycles. The van der Waals surface area contributed by atoms with Gasteiger partial charge in [-0.2, -0.15) is 5.10 Å². The molecule has 0 aliphatic carbocycles. The number of aryl methyl sites for hydroxylation is 1. The Kier molecular flexibility index (Phi) is 5.73. The Labute approximate surface area is 185 Å². The first-order valence-electron chi connectivity index (χ1n) is 8.95. The Balaban J connectivity index is 1.88. The lowest BCUT2D eigenvalue weighted by Gasteiger charge is -2.05. The van der Waals surface area contributed by atoms with Crippen LogP contribution in [0.3, 0.4) is 0 Å². The van der Waals surface area contributed by atoms with Crippen LogP contribution in [0.15, 0.2) is 52.6 Å². The van der Waals surface area contributed by atoms with Gasteiger partial charge >= 0.3 is 5.97 Å². The minimum atomic E-state index is -0.969. The molecule has 0 amide bonds. The van der Waals surface area contributed by atoms with E-state index in [9.17, 15) is 4.79 Å². The molecule has 1 N–H and O–H groups in total. The highest BCUT2D eigenvalue weighted by Crippen LogP contribution is 2.43. The summed E-state index contributed by atoms with van der Waals surface area (Å²) in [5, 5.41) is 14.7. The van der Waals surface area contributed by atoms with Crippen LogP contribution in [0, 0.1) is 5.82 Å². The number of carboxylic acid groups (broad SMARTS) is 1. The molecule has 0 spiro atoms. The average Bonchev–Trinajstić information content (AvgIpc) is 3.28. The van der Waals surface area contributed by atoms with E-state index in [2.05, 4.69) is 10.1 Å². The Bertz CT molecular complexity index is 1270. The standard InChI is InChI=1S/C20H15Cl2FN4O2S/c1-2-26-10-12(9-24-26)27-18-13(6-7-14(21)17(18)23)19(20(27)22)30-15-5-3-4-11(25-15)8-16(28)29/h3-7,9-10H,2,8H2,1H3,(H,28,29). The number of aliphatic carboxylic acids is 1. The molecule has 10 heteroatoms. The molecule has 30 heavy (non-hydrogen) atoms. The number of hydrogen-bond donors (Lipinski definition) is 1. The van der Waals surface area contributed by atoms with Gasteiger partial charge in [0.15, 0.2) is 5.82 Å². The van der Waals surface area contributed by atoms with Gasteiger partial charge in [0, 0.05) is 18.1 Å². The molecule has 0 aliphatic heterocycles. The number of carboxylic acids is 1. The van der Waals surface area contributed by atoms with Crippen molar-refractivity contribution in [2.75, 3.05) is 0 Å². The first-order valence-corrected chi connectivity index (χ1v) is 10.5. The summed E-state index contributed by atoms with van der Waals surface area (Å²) in [5.41, 5.74) is 1.27. The summed E-state index contributed by atoms with van der Waals surface area (Å²) >= 11 is 14.0. The van der Waals surface area contributed by atoms with Crippen LogP contribution in [-0.4, -0.2) is 30.4 Å². The smallest absolute Gasteiger partial charge is 0.309 e. The number of halogens is 3. The zero-order valence-corrected chi connectivity index (χ0v) is 18.0. The molecule has 3 aromatic heterocycles. The van der Waals surface area contributed by atoms with Crippen LogP contribution in [-0.2, 0) is 17.8 Å². The summed E-state index contributed by atoms with van der Waals surface area (Å²) in [6, 6.07) is 8.30. The highest BCUT2D eigenvalue weighted by Gasteiger charge is 2.23. The molecular formula is C20H15Cl2FN4O2S. The van der Waals surface area contributed by atoms with Crippen molar-refractivity contribution in [3.63, 3.8) is 0 Å². The van der Waals surface area contributed by atoms with Gasteiger partial charge in [0.05, 0.1) is 39.4 Å². The molecule has 0 unspecified atom stereocenters.